The molecule has 0 aliphatic rings. The first kappa shape index (κ1) is 15.7. The van der Waals surface area contributed by atoms with E-state index < -0.39 is 0 Å². The van der Waals surface area contributed by atoms with Crippen LogP contribution >= 0.6 is 0 Å². The molecule has 0 fully saturated rings. The highest BCUT2D eigenvalue weighted by Crippen LogP contribution is 2.16. The van der Waals surface area contributed by atoms with Crippen molar-refractivity contribution in [3.8, 4) is 0 Å². The van der Waals surface area contributed by atoms with Gasteiger partial charge in [0.2, 0.25) is 0 Å². The molecule has 0 spiro atoms. The van der Waals surface area contributed by atoms with Crippen LogP contribution in [0.5, 0.6) is 0 Å². The lowest BCUT2D eigenvalue weighted by atomic mass is 10.0. The van der Waals surface area contributed by atoms with Crippen molar-refractivity contribution in [3.63, 3.8) is 0 Å². The SMILES string of the molecule is CCc1ccc(C(COCc2ccccc2F)NC)cc1. The van der Waals surface area contributed by atoms with Crippen molar-refractivity contribution >= 4 is 0 Å². The summed E-state index contributed by atoms with van der Waals surface area (Å²) in [6, 6.07) is 15.3. The summed E-state index contributed by atoms with van der Waals surface area (Å²) in [5.74, 6) is -0.217. The van der Waals surface area contributed by atoms with E-state index in [1.54, 1.807) is 12.1 Å². The van der Waals surface area contributed by atoms with Crippen LogP contribution in [0.15, 0.2) is 48.5 Å². The van der Waals surface area contributed by atoms with Gasteiger partial charge in [0.25, 0.3) is 0 Å². The minimum Gasteiger partial charge on any atom is -0.375 e. The third-order valence-corrected chi connectivity index (χ3v) is 3.64. The van der Waals surface area contributed by atoms with E-state index in [1.807, 2.05) is 13.1 Å². The summed E-state index contributed by atoms with van der Waals surface area (Å²) in [6.45, 7) is 2.94. The van der Waals surface area contributed by atoms with E-state index in [0.29, 0.717) is 12.2 Å². The zero-order valence-electron chi connectivity index (χ0n) is 12.6. The van der Waals surface area contributed by atoms with E-state index >= 15 is 0 Å². The highest BCUT2D eigenvalue weighted by atomic mass is 19.1. The highest BCUT2D eigenvalue weighted by Gasteiger charge is 2.10. The second-order valence-corrected chi connectivity index (χ2v) is 5.04. The summed E-state index contributed by atoms with van der Waals surface area (Å²) in [4.78, 5) is 0. The van der Waals surface area contributed by atoms with E-state index in [-0.39, 0.29) is 18.5 Å². The molecule has 112 valence electrons. The molecule has 0 radical (unpaired) electrons. The highest BCUT2D eigenvalue weighted by molar-refractivity contribution is 5.25. The van der Waals surface area contributed by atoms with Crippen LogP contribution in [0.25, 0.3) is 0 Å². The minimum atomic E-state index is -0.217. The van der Waals surface area contributed by atoms with Crippen molar-refractivity contribution in [2.75, 3.05) is 13.7 Å². The molecule has 0 amide bonds. The number of hydrogen-bond donors (Lipinski definition) is 1. The molecule has 0 bridgehead atoms. The van der Waals surface area contributed by atoms with Crippen LogP contribution in [0.1, 0.15) is 29.7 Å². The fraction of sp³-hybridized carbons (Fsp3) is 0.333. The number of ether oxygens (including phenoxy) is 1. The summed E-state index contributed by atoms with van der Waals surface area (Å²) in [5.41, 5.74) is 3.10. The topological polar surface area (TPSA) is 21.3 Å². The van der Waals surface area contributed by atoms with Crippen LogP contribution < -0.4 is 5.32 Å². The van der Waals surface area contributed by atoms with Gasteiger partial charge in [0, 0.05) is 5.56 Å². The third kappa shape index (κ3) is 4.38. The first-order valence-corrected chi connectivity index (χ1v) is 7.31. The molecule has 0 saturated heterocycles. The van der Waals surface area contributed by atoms with Gasteiger partial charge < -0.3 is 10.1 Å². The Morgan fingerprint density at radius 3 is 2.43 bits per heavy atom. The first-order chi connectivity index (χ1) is 10.2. The van der Waals surface area contributed by atoms with Crippen molar-refractivity contribution in [1.29, 1.82) is 0 Å². The van der Waals surface area contributed by atoms with E-state index in [9.17, 15) is 4.39 Å². The Morgan fingerprint density at radius 1 is 1.10 bits per heavy atom. The molecule has 2 aromatic rings. The Kier molecular flexibility index (Phi) is 5.90. The van der Waals surface area contributed by atoms with Gasteiger partial charge in [-0.05, 0) is 30.7 Å². The van der Waals surface area contributed by atoms with Crippen LogP contribution in [-0.4, -0.2) is 13.7 Å². The molecule has 2 rings (SSSR count). The second kappa shape index (κ2) is 7.91. The number of halogens is 1. The van der Waals surface area contributed by atoms with Gasteiger partial charge in [-0.15, -0.1) is 0 Å². The zero-order chi connectivity index (χ0) is 15.1. The maximum Gasteiger partial charge on any atom is 0.128 e. The number of likely N-dealkylation sites (N-methyl/N-ethyl adjacent to an activating group) is 1. The Bertz CT molecular complexity index is 553. The number of nitrogens with one attached hydrogen (secondary N) is 1. The zero-order valence-corrected chi connectivity index (χ0v) is 12.6. The fourth-order valence-corrected chi connectivity index (χ4v) is 2.23. The summed E-state index contributed by atoms with van der Waals surface area (Å²) in [6.07, 6.45) is 1.04. The standard InChI is InChI=1S/C18H22FNO/c1-3-14-8-10-15(11-9-14)18(20-2)13-21-12-16-6-4-5-7-17(16)19/h4-11,18,20H,3,12-13H2,1-2H3. The molecule has 0 aliphatic heterocycles. The predicted molar refractivity (Wildman–Crippen MR) is 83.7 cm³/mol. The van der Waals surface area contributed by atoms with Gasteiger partial charge in [0.15, 0.2) is 0 Å². The molecule has 1 atom stereocenters. The van der Waals surface area contributed by atoms with Crippen molar-refractivity contribution in [3.05, 3.63) is 71.0 Å². The summed E-state index contributed by atoms with van der Waals surface area (Å²) in [5, 5.41) is 3.24. The van der Waals surface area contributed by atoms with E-state index in [0.717, 1.165) is 6.42 Å². The quantitative estimate of drug-likeness (QED) is 0.835. The molecule has 21 heavy (non-hydrogen) atoms. The summed E-state index contributed by atoms with van der Waals surface area (Å²) in [7, 11) is 1.91. The largest absolute Gasteiger partial charge is 0.375 e. The normalized spacial score (nSPS) is 12.3. The lowest BCUT2D eigenvalue weighted by Gasteiger charge is -2.17. The molecule has 1 unspecified atom stereocenters. The molecule has 2 nitrogen and oxygen atoms in total. The molecular weight excluding hydrogens is 265 g/mol. The monoisotopic (exact) mass is 287 g/mol. The van der Waals surface area contributed by atoms with Crippen LogP contribution in [0.2, 0.25) is 0 Å². The molecule has 0 aliphatic carbocycles. The molecule has 2 aromatic carbocycles. The smallest absolute Gasteiger partial charge is 0.128 e. The lowest BCUT2D eigenvalue weighted by molar-refractivity contribution is 0.0985. The van der Waals surface area contributed by atoms with Gasteiger partial charge in [-0.1, -0.05) is 49.4 Å². The maximum atomic E-state index is 13.5. The van der Waals surface area contributed by atoms with Gasteiger partial charge in [-0.2, -0.15) is 0 Å². The number of rotatable bonds is 7. The van der Waals surface area contributed by atoms with E-state index in [4.69, 9.17) is 4.74 Å². The maximum absolute atomic E-state index is 13.5. The van der Waals surface area contributed by atoms with E-state index in [1.165, 1.54) is 17.2 Å². The van der Waals surface area contributed by atoms with Gasteiger partial charge >= 0.3 is 0 Å². The van der Waals surface area contributed by atoms with Gasteiger partial charge in [-0.3, -0.25) is 0 Å². The predicted octanol–water partition coefficient (Wildman–Crippen LogP) is 3.87. The minimum absolute atomic E-state index is 0.114. The molecule has 1 N–H and O–H groups in total. The number of benzene rings is 2. The summed E-state index contributed by atoms with van der Waals surface area (Å²) >= 11 is 0. The first-order valence-electron chi connectivity index (χ1n) is 7.31. The van der Waals surface area contributed by atoms with E-state index in [2.05, 4.69) is 36.5 Å². The van der Waals surface area contributed by atoms with Crippen LogP contribution in [-0.2, 0) is 17.8 Å². The molecule has 0 aromatic heterocycles. The van der Waals surface area contributed by atoms with Crippen LogP contribution in [0.3, 0.4) is 0 Å². The Morgan fingerprint density at radius 2 is 1.81 bits per heavy atom. The number of hydrogen-bond acceptors (Lipinski definition) is 2. The molecule has 0 saturated carbocycles. The molecular formula is C18H22FNO. The van der Waals surface area contributed by atoms with Crippen molar-refractivity contribution in [2.24, 2.45) is 0 Å². The van der Waals surface area contributed by atoms with Crippen LogP contribution in [0, 0.1) is 5.82 Å². The van der Waals surface area contributed by atoms with Crippen molar-refractivity contribution in [2.45, 2.75) is 26.0 Å². The summed E-state index contributed by atoms with van der Waals surface area (Å²) < 4.78 is 19.2. The van der Waals surface area contributed by atoms with Crippen LogP contribution in [0.4, 0.5) is 4.39 Å². The second-order valence-electron chi connectivity index (χ2n) is 5.04. The Labute approximate surface area is 126 Å². The number of aryl methyl sites for hydroxylation is 1. The average Bonchev–Trinajstić information content (AvgIpc) is 2.53. The lowest BCUT2D eigenvalue weighted by Crippen LogP contribution is -2.21. The van der Waals surface area contributed by atoms with Gasteiger partial charge in [-0.25, -0.2) is 4.39 Å². The Balaban J connectivity index is 1.91. The molecule has 3 heteroatoms. The third-order valence-electron chi connectivity index (χ3n) is 3.64. The molecule has 0 heterocycles. The Hall–Kier alpha value is -1.71. The fourth-order valence-electron chi connectivity index (χ4n) is 2.23. The van der Waals surface area contributed by atoms with Crippen molar-refractivity contribution < 1.29 is 9.13 Å². The van der Waals surface area contributed by atoms with Crippen molar-refractivity contribution in [1.82, 2.24) is 5.32 Å². The van der Waals surface area contributed by atoms with Gasteiger partial charge in [0.1, 0.15) is 5.82 Å². The van der Waals surface area contributed by atoms with Gasteiger partial charge in [0.05, 0.1) is 19.3 Å². The average molecular weight is 287 g/mol.